The minimum Gasteiger partial charge on any atom is -0.394 e. The van der Waals surface area contributed by atoms with E-state index in [1.807, 2.05) is 4.98 Å². The van der Waals surface area contributed by atoms with Gasteiger partial charge in [-0.1, -0.05) is 0 Å². The van der Waals surface area contributed by atoms with E-state index in [9.17, 15) is 53.3 Å². The maximum atomic E-state index is 14.0. The summed E-state index contributed by atoms with van der Waals surface area (Å²) in [6, 6.07) is 0.922. The molecule has 18 nitrogen and oxygen atoms in total. The zero-order valence-electron chi connectivity index (χ0n) is 17.8. The van der Waals surface area contributed by atoms with Crippen LogP contribution in [0.4, 0.5) is 4.39 Å². The summed E-state index contributed by atoms with van der Waals surface area (Å²) in [4.78, 5) is 44.4. The molecule has 2 unspecified atom stereocenters. The number of aliphatic hydroxyl groups is 5. The van der Waals surface area contributed by atoms with Crippen LogP contribution in [0.5, 0.6) is 0 Å². The van der Waals surface area contributed by atoms with Crippen LogP contribution >= 0.6 is 15.6 Å². The molecule has 2 aliphatic heterocycles. The van der Waals surface area contributed by atoms with E-state index in [1.54, 1.807) is 0 Å². The maximum Gasteiger partial charge on any atom is 0.483 e. The van der Waals surface area contributed by atoms with Crippen LogP contribution in [0.3, 0.4) is 0 Å². The summed E-state index contributed by atoms with van der Waals surface area (Å²) >= 11 is 0. The molecule has 0 aliphatic carbocycles. The number of ether oxygens (including phenoxy) is 2. The van der Waals surface area contributed by atoms with Gasteiger partial charge in [0.2, 0.25) is 0 Å². The molecule has 0 bridgehead atoms. The number of alkyl halides is 1. The fraction of sp³-hybridized carbons (Fsp3) is 0.733. The van der Waals surface area contributed by atoms with Gasteiger partial charge in [-0.05, 0) is 0 Å². The van der Waals surface area contributed by atoms with Crippen molar-refractivity contribution in [1.29, 1.82) is 0 Å². The van der Waals surface area contributed by atoms with E-state index in [2.05, 4.69) is 13.4 Å². The van der Waals surface area contributed by atoms with Crippen molar-refractivity contribution in [3.05, 3.63) is 33.1 Å². The molecule has 36 heavy (non-hydrogen) atoms. The highest BCUT2D eigenvalue weighted by atomic mass is 31.3. The van der Waals surface area contributed by atoms with E-state index >= 15 is 0 Å². The lowest BCUT2D eigenvalue weighted by molar-refractivity contribution is -0.143. The third-order valence-corrected chi connectivity index (χ3v) is 7.68. The van der Waals surface area contributed by atoms with Crippen molar-refractivity contribution in [2.45, 2.75) is 55.3 Å². The minimum absolute atomic E-state index is 0.714. The number of aromatic amines is 1. The number of phosphoric acid groups is 2. The minimum atomic E-state index is -5.62. The number of rotatable bonds is 10. The standard InChI is InChI=1S/C15H23FN2O16P2/c16-8-10(23)14(32-12(8)5(20)3-19)33-36(28,29)34-35(26,27)30-4-6-9(22)11(24)13(31-6)18-2-1-7(21)17-15(18)25/h1-2,5-6,8-14,19-20,22-24H,3-4H2,(H,26,27)(H,28,29)(H,17,21,25)/t5-,6-,8-,9-,10-,11-,12-,13-,14-/m1/s1. The van der Waals surface area contributed by atoms with E-state index in [0.29, 0.717) is 4.57 Å². The number of nitrogens with zero attached hydrogens (tertiary/aromatic N) is 1. The average Bonchev–Trinajstić information content (AvgIpc) is 3.21. The van der Waals surface area contributed by atoms with Crippen LogP contribution in [0, 0.1) is 0 Å². The summed E-state index contributed by atoms with van der Waals surface area (Å²) in [5.41, 5.74) is -1.76. The molecule has 11 atom stereocenters. The molecule has 8 N–H and O–H groups in total. The van der Waals surface area contributed by atoms with Gasteiger partial charge in [0.15, 0.2) is 18.7 Å². The zero-order chi connectivity index (χ0) is 27.0. The van der Waals surface area contributed by atoms with Crippen LogP contribution in [0.1, 0.15) is 6.23 Å². The van der Waals surface area contributed by atoms with Gasteiger partial charge in [0.05, 0.1) is 13.2 Å². The van der Waals surface area contributed by atoms with Crippen LogP contribution in [0.25, 0.3) is 0 Å². The van der Waals surface area contributed by atoms with E-state index in [0.717, 1.165) is 12.3 Å². The number of hydrogen-bond donors (Lipinski definition) is 8. The van der Waals surface area contributed by atoms with Gasteiger partial charge in [-0.2, -0.15) is 4.31 Å². The largest absolute Gasteiger partial charge is 0.483 e. The molecule has 3 rings (SSSR count). The SMILES string of the molecule is O=c1ccn([C@@H]2O[C@H](COP(=O)(O)OP(=O)(O)O[C@H]3O[C@H]([C@H](O)CO)[C@H](F)[C@H]3O)[C@@H](O)[C@H]2O)c(=O)[nH]1. The van der Waals surface area contributed by atoms with Gasteiger partial charge >= 0.3 is 21.3 Å². The molecule has 3 heterocycles. The van der Waals surface area contributed by atoms with Crippen molar-refractivity contribution in [3.8, 4) is 0 Å². The van der Waals surface area contributed by atoms with Crippen molar-refractivity contribution in [2.24, 2.45) is 0 Å². The average molecular weight is 568 g/mol. The number of halogens is 1. The van der Waals surface area contributed by atoms with Crippen molar-refractivity contribution >= 4 is 15.6 Å². The Kier molecular flexibility index (Phi) is 9.02. The van der Waals surface area contributed by atoms with E-state index in [-0.39, 0.29) is 0 Å². The van der Waals surface area contributed by atoms with Crippen molar-refractivity contribution in [2.75, 3.05) is 13.2 Å². The molecule has 0 saturated carbocycles. The number of phosphoric ester groups is 2. The fourth-order valence-electron chi connectivity index (χ4n) is 3.35. The van der Waals surface area contributed by atoms with Gasteiger partial charge in [0, 0.05) is 12.3 Å². The molecule has 1 aromatic rings. The Morgan fingerprint density at radius 2 is 1.78 bits per heavy atom. The Labute approximate surface area is 199 Å². The fourth-order valence-corrected chi connectivity index (χ4v) is 5.50. The van der Waals surface area contributed by atoms with Gasteiger partial charge in [-0.25, -0.2) is 18.3 Å². The first-order valence-electron chi connectivity index (χ1n) is 9.95. The first kappa shape index (κ1) is 29.2. The van der Waals surface area contributed by atoms with Crippen LogP contribution in [-0.2, 0) is 32.0 Å². The molecule has 2 saturated heterocycles. The highest BCUT2D eigenvalue weighted by Crippen LogP contribution is 2.61. The quantitative estimate of drug-likeness (QED) is 0.126. The predicted molar refractivity (Wildman–Crippen MR) is 108 cm³/mol. The lowest BCUT2D eigenvalue weighted by Crippen LogP contribution is -2.37. The Balaban J connectivity index is 1.60. The number of hydrogen-bond acceptors (Lipinski definition) is 14. The molecule has 0 aromatic carbocycles. The molecular formula is C15H23FN2O16P2. The van der Waals surface area contributed by atoms with Crippen molar-refractivity contribution in [1.82, 2.24) is 9.55 Å². The van der Waals surface area contributed by atoms with Crippen molar-refractivity contribution < 1.29 is 71.7 Å². The monoisotopic (exact) mass is 568 g/mol. The third-order valence-electron chi connectivity index (χ3n) is 5.08. The summed E-state index contributed by atoms with van der Waals surface area (Å²) < 4.78 is 61.7. The second kappa shape index (κ2) is 11.1. The van der Waals surface area contributed by atoms with Gasteiger partial charge in [0.1, 0.15) is 36.6 Å². The summed E-state index contributed by atoms with van der Waals surface area (Å²) in [5, 5.41) is 48.2. The van der Waals surface area contributed by atoms with Crippen LogP contribution in [-0.4, -0.2) is 107 Å². The maximum absolute atomic E-state index is 14.0. The molecule has 21 heteroatoms. The Hall–Kier alpha value is -1.41. The van der Waals surface area contributed by atoms with Gasteiger partial charge in [-0.15, -0.1) is 0 Å². The molecule has 0 amide bonds. The van der Waals surface area contributed by atoms with Crippen molar-refractivity contribution in [3.63, 3.8) is 0 Å². The smallest absolute Gasteiger partial charge is 0.394 e. The number of nitrogens with one attached hydrogen (secondary N) is 1. The van der Waals surface area contributed by atoms with Crippen LogP contribution in [0.2, 0.25) is 0 Å². The predicted octanol–water partition coefficient (Wildman–Crippen LogP) is -3.82. The lowest BCUT2D eigenvalue weighted by Gasteiger charge is -2.22. The molecule has 2 aliphatic rings. The molecule has 1 aromatic heterocycles. The summed E-state index contributed by atoms with van der Waals surface area (Å²) in [6.07, 6.45) is -16.3. The van der Waals surface area contributed by atoms with Crippen LogP contribution < -0.4 is 11.2 Å². The highest BCUT2D eigenvalue weighted by Gasteiger charge is 2.52. The van der Waals surface area contributed by atoms with Crippen LogP contribution in [0.15, 0.2) is 21.9 Å². The zero-order valence-corrected chi connectivity index (χ0v) is 19.6. The third kappa shape index (κ3) is 6.53. The van der Waals surface area contributed by atoms with Gasteiger partial charge in [0.25, 0.3) is 5.56 Å². The molecule has 2 fully saturated rings. The van der Waals surface area contributed by atoms with E-state index < -0.39 is 95.4 Å². The molecule has 0 radical (unpaired) electrons. The molecule has 206 valence electrons. The Bertz CT molecular complexity index is 1130. The highest BCUT2D eigenvalue weighted by molar-refractivity contribution is 7.61. The summed E-state index contributed by atoms with van der Waals surface area (Å²) in [5.74, 6) is 0. The van der Waals surface area contributed by atoms with E-state index in [1.165, 1.54) is 0 Å². The summed E-state index contributed by atoms with van der Waals surface area (Å²) in [6.45, 7) is -2.03. The molecule has 0 spiro atoms. The number of aliphatic hydroxyl groups excluding tert-OH is 5. The lowest BCUT2D eigenvalue weighted by atomic mass is 10.1. The Morgan fingerprint density at radius 1 is 1.11 bits per heavy atom. The second-order valence-corrected chi connectivity index (χ2v) is 10.6. The first-order valence-corrected chi connectivity index (χ1v) is 12.9. The van der Waals surface area contributed by atoms with Gasteiger partial charge < -0.3 is 44.8 Å². The summed E-state index contributed by atoms with van der Waals surface area (Å²) in [7, 11) is -11.1. The van der Waals surface area contributed by atoms with Gasteiger partial charge in [-0.3, -0.25) is 23.4 Å². The number of H-pyrrole nitrogens is 1. The Morgan fingerprint density at radius 3 is 2.39 bits per heavy atom. The topological polar surface area (TPSA) is 277 Å². The molecular weight excluding hydrogens is 545 g/mol. The second-order valence-electron chi connectivity index (χ2n) is 7.64. The first-order chi connectivity index (χ1) is 16.7. The number of aromatic nitrogens is 2. The van der Waals surface area contributed by atoms with E-state index in [4.69, 9.17) is 14.6 Å². The normalized spacial score (nSPS) is 36.9.